The zero-order valence-electron chi connectivity index (χ0n) is 9.86. The molecule has 1 aliphatic rings. The molecule has 0 aromatic heterocycles. The van der Waals surface area contributed by atoms with Gasteiger partial charge in [0.25, 0.3) is 0 Å². The van der Waals surface area contributed by atoms with E-state index in [9.17, 15) is 0 Å². The summed E-state index contributed by atoms with van der Waals surface area (Å²) in [6.45, 7) is 1.20. The molecule has 1 aromatic rings. The first-order valence-electron chi connectivity index (χ1n) is 6.40. The molecule has 0 bridgehead atoms. The fourth-order valence-corrected chi connectivity index (χ4v) is 2.23. The van der Waals surface area contributed by atoms with Crippen molar-refractivity contribution in [3.05, 3.63) is 42.0 Å². The second-order valence-corrected chi connectivity index (χ2v) is 4.55. The summed E-state index contributed by atoms with van der Waals surface area (Å²) in [4.78, 5) is 0. The maximum atomic E-state index is 3.62. The minimum absolute atomic E-state index is 0.697. The van der Waals surface area contributed by atoms with Crippen LogP contribution in [0.15, 0.2) is 36.4 Å². The molecule has 0 amide bonds. The highest BCUT2D eigenvalue weighted by Crippen LogP contribution is 2.12. The van der Waals surface area contributed by atoms with E-state index in [0.29, 0.717) is 6.04 Å². The van der Waals surface area contributed by atoms with Gasteiger partial charge in [0, 0.05) is 6.04 Å². The van der Waals surface area contributed by atoms with Gasteiger partial charge in [0.05, 0.1) is 0 Å². The Bertz CT molecular complexity index is 307. The Kier molecular flexibility index (Phi) is 4.63. The largest absolute Gasteiger partial charge is 0.314 e. The zero-order valence-corrected chi connectivity index (χ0v) is 9.86. The number of benzene rings is 1. The molecule has 1 unspecified atom stereocenters. The summed E-state index contributed by atoms with van der Waals surface area (Å²) in [5.41, 5.74) is 1.30. The van der Waals surface area contributed by atoms with Crippen LogP contribution in [0.25, 0.3) is 6.08 Å². The van der Waals surface area contributed by atoms with Gasteiger partial charge in [-0.15, -0.1) is 0 Å². The highest BCUT2D eigenvalue weighted by molar-refractivity contribution is 5.48. The molecule has 86 valence electrons. The van der Waals surface area contributed by atoms with Gasteiger partial charge in [0.15, 0.2) is 0 Å². The molecule has 1 aliphatic heterocycles. The zero-order chi connectivity index (χ0) is 11.1. The third-order valence-corrected chi connectivity index (χ3v) is 3.19. The second kappa shape index (κ2) is 6.49. The molecule has 1 saturated heterocycles. The predicted octanol–water partition coefficient (Wildman–Crippen LogP) is 3.62. The van der Waals surface area contributed by atoms with E-state index >= 15 is 0 Å². The first-order chi connectivity index (χ1) is 7.95. The van der Waals surface area contributed by atoms with E-state index in [4.69, 9.17) is 0 Å². The van der Waals surface area contributed by atoms with Crippen molar-refractivity contribution in [3.8, 4) is 0 Å². The van der Waals surface area contributed by atoms with Crippen LogP contribution in [0.1, 0.15) is 37.7 Å². The van der Waals surface area contributed by atoms with Gasteiger partial charge in [0.1, 0.15) is 0 Å². The van der Waals surface area contributed by atoms with Crippen LogP contribution in [0.3, 0.4) is 0 Å². The lowest BCUT2D eigenvalue weighted by molar-refractivity contribution is 0.516. The van der Waals surface area contributed by atoms with Crippen LogP contribution < -0.4 is 5.32 Å². The van der Waals surface area contributed by atoms with Crippen molar-refractivity contribution in [1.82, 2.24) is 5.32 Å². The van der Waals surface area contributed by atoms with Crippen molar-refractivity contribution in [3.63, 3.8) is 0 Å². The molecule has 1 heterocycles. The fourth-order valence-electron chi connectivity index (χ4n) is 2.23. The third-order valence-electron chi connectivity index (χ3n) is 3.19. The number of hydrogen-bond acceptors (Lipinski definition) is 1. The van der Waals surface area contributed by atoms with Crippen molar-refractivity contribution in [2.75, 3.05) is 6.54 Å². The molecule has 0 aliphatic carbocycles. The first kappa shape index (κ1) is 11.4. The molecule has 1 N–H and O–H groups in total. The average Bonchev–Trinajstić information content (AvgIpc) is 2.59. The Morgan fingerprint density at radius 1 is 1.12 bits per heavy atom. The van der Waals surface area contributed by atoms with Crippen LogP contribution in [0.2, 0.25) is 0 Å². The highest BCUT2D eigenvalue weighted by atomic mass is 14.9. The Morgan fingerprint density at radius 2 is 2.00 bits per heavy atom. The topological polar surface area (TPSA) is 12.0 Å². The standard InChI is InChI=1S/C15H21N/c1-3-8-14(9-4-1)10-7-12-15-11-5-2-6-13-16-15/h1,3-4,7-10,15-16H,2,5-6,11-13H2. The van der Waals surface area contributed by atoms with Crippen LogP contribution in [0.4, 0.5) is 0 Å². The molecular formula is C15H21N. The summed E-state index contributed by atoms with van der Waals surface area (Å²) in [6.07, 6.45) is 11.2. The van der Waals surface area contributed by atoms with E-state index in [1.165, 1.54) is 37.8 Å². The lowest BCUT2D eigenvalue weighted by Gasteiger charge is -2.12. The lowest BCUT2D eigenvalue weighted by Crippen LogP contribution is -2.27. The van der Waals surface area contributed by atoms with E-state index < -0.39 is 0 Å². The monoisotopic (exact) mass is 215 g/mol. The maximum absolute atomic E-state index is 3.62. The molecule has 0 saturated carbocycles. The van der Waals surface area contributed by atoms with E-state index in [2.05, 4.69) is 47.8 Å². The normalized spacial score (nSPS) is 22.1. The molecular weight excluding hydrogens is 194 g/mol. The van der Waals surface area contributed by atoms with Gasteiger partial charge in [-0.1, -0.05) is 55.3 Å². The summed E-state index contributed by atoms with van der Waals surface area (Å²) in [5, 5.41) is 3.62. The number of rotatable bonds is 3. The van der Waals surface area contributed by atoms with Crippen molar-refractivity contribution < 1.29 is 0 Å². The summed E-state index contributed by atoms with van der Waals surface area (Å²) in [5.74, 6) is 0. The van der Waals surface area contributed by atoms with Gasteiger partial charge in [-0.2, -0.15) is 0 Å². The van der Waals surface area contributed by atoms with Gasteiger partial charge in [0.2, 0.25) is 0 Å². The van der Waals surface area contributed by atoms with Crippen LogP contribution in [0.5, 0.6) is 0 Å². The fraction of sp³-hybridized carbons (Fsp3) is 0.467. The number of hydrogen-bond donors (Lipinski definition) is 1. The van der Waals surface area contributed by atoms with Gasteiger partial charge < -0.3 is 5.32 Å². The van der Waals surface area contributed by atoms with E-state index in [0.717, 1.165) is 6.42 Å². The first-order valence-corrected chi connectivity index (χ1v) is 6.40. The Balaban J connectivity index is 1.79. The van der Waals surface area contributed by atoms with Crippen LogP contribution in [-0.2, 0) is 0 Å². The predicted molar refractivity (Wildman–Crippen MR) is 70.4 cm³/mol. The Morgan fingerprint density at radius 3 is 2.88 bits per heavy atom. The van der Waals surface area contributed by atoms with Crippen LogP contribution >= 0.6 is 0 Å². The van der Waals surface area contributed by atoms with Crippen molar-refractivity contribution in [2.45, 2.75) is 38.1 Å². The SMILES string of the molecule is C(=Cc1ccccc1)CC1CCCCCN1. The Labute approximate surface area is 98.6 Å². The minimum atomic E-state index is 0.697. The second-order valence-electron chi connectivity index (χ2n) is 4.55. The molecule has 0 radical (unpaired) electrons. The highest BCUT2D eigenvalue weighted by Gasteiger charge is 2.08. The molecule has 1 fully saturated rings. The van der Waals surface area contributed by atoms with Gasteiger partial charge in [-0.25, -0.2) is 0 Å². The molecule has 1 nitrogen and oxygen atoms in total. The molecule has 1 aromatic carbocycles. The molecule has 1 heteroatoms. The number of nitrogens with one attached hydrogen (secondary N) is 1. The molecule has 16 heavy (non-hydrogen) atoms. The quantitative estimate of drug-likeness (QED) is 0.812. The maximum Gasteiger partial charge on any atom is 0.0102 e. The Hall–Kier alpha value is -1.08. The van der Waals surface area contributed by atoms with Crippen LogP contribution in [0, 0.1) is 0 Å². The molecule has 1 atom stereocenters. The van der Waals surface area contributed by atoms with Crippen LogP contribution in [-0.4, -0.2) is 12.6 Å². The summed E-state index contributed by atoms with van der Waals surface area (Å²) in [6, 6.07) is 11.2. The van der Waals surface area contributed by atoms with Gasteiger partial charge in [-0.05, 0) is 31.4 Å². The van der Waals surface area contributed by atoms with Crippen molar-refractivity contribution in [2.24, 2.45) is 0 Å². The van der Waals surface area contributed by atoms with Gasteiger partial charge in [-0.3, -0.25) is 0 Å². The molecule has 2 rings (SSSR count). The lowest BCUT2D eigenvalue weighted by atomic mass is 10.1. The summed E-state index contributed by atoms with van der Waals surface area (Å²) in [7, 11) is 0. The smallest absolute Gasteiger partial charge is 0.0102 e. The van der Waals surface area contributed by atoms with Crippen molar-refractivity contribution in [1.29, 1.82) is 0 Å². The molecule has 0 spiro atoms. The summed E-state index contributed by atoms with van der Waals surface area (Å²) < 4.78 is 0. The van der Waals surface area contributed by atoms with E-state index in [1.54, 1.807) is 0 Å². The van der Waals surface area contributed by atoms with E-state index in [-0.39, 0.29) is 0 Å². The van der Waals surface area contributed by atoms with Crippen molar-refractivity contribution >= 4 is 6.08 Å². The van der Waals surface area contributed by atoms with Gasteiger partial charge >= 0.3 is 0 Å². The van der Waals surface area contributed by atoms with E-state index in [1.807, 2.05) is 0 Å². The average molecular weight is 215 g/mol. The minimum Gasteiger partial charge on any atom is -0.314 e. The summed E-state index contributed by atoms with van der Waals surface area (Å²) >= 11 is 0. The third kappa shape index (κ3) is 3.82.